The predicted molar refractivity (Wildman–Crippen MR) is 75.8 cm³/mol. The van der Waals surface area contributed by atoms with Gasteiger partial charge in [-0.05, 0) is 55.9 Å². The van der Waals surface area contributed by atoms with Crippen molar-refractivity contribution in [3.05, 3.63) is 33.9 Å². The third-order valence-corrected chi connectivity index (χ3v) is 3.70. The van der Waals surface area contributed by atoms with Gasteiger partial charge < -0.3 is 5.11 Å². The summed E-state index contributed by atoms with van der Waals surface area (Å²) in [6, 6.07) is 2.09. The van der Waals surface area contributed by atoms with E-state index in [-0.39, 0.29) is 24.5 Å². The molecule has 19 heavy (non-hydrogen) atoms. The van der Waals surface area contributed by atoms with Crippen LogP contribution >= 0.6 is 0 Å². The quantitative estimate of drug-likeness (QED) is 0.825. The first kappa shape index (κ1) is 15.4. The Hall–Kier alpha value is -1.64. The van der Waals surface area contributed by atoms with Gasteiger partial charge in [0.15, 0.2) is 5.78 Å². The molecule has 0 bridgehead atoms. The van der Waals surface area contributed by atoms with Crippen molar-refractivity contribution in [2.75, 3.05) is 0 Å². The fourth-order valence-corrected chi connectivity index (χ4v) is 2.42. The summed E-state index contributed by atoms with van der Waals surface area (Å²) in [6.07, 6.45) is 0.325. The number of ketones is 1. The molecule has 0 aliphatic rings. The van der Waals surface area contributed by atoms with Crippen LogP contribution in [0.25, 0.3) is 0 Å². The normalized spacial score (nSPS) is 12.3. The summed E-state index contributed by atoms with van der Waals surface area (Å²) in [4.78, 5) is 23.0. The molecule has 0 saturated carbocycles. The molecule has 0 aliphatic heterocycles. The highest BCUT2D eigenvalue weighted by Gasteiger charge is 2.19. The van der Waals surface area contributed by atoms with E-state index in [1.54, 1.807) is 6.92 Å². The number of carboxylic acids is 1. The standard InChI is InChI=1S/C16H22O3/c1-9(7-15(18)19)6-14(17)16-12(4)10(2)8-11(3)13(16)5/h8-9H,6-7H2,1-5H3,(H,18,19)/t9-/m1/s1. The minimum atomic E-state index is -0.853. The van der Waals surface area contributed by atoms with Crippen molar-refractivity contribution in [1.82, 2.24) is 0 Å². The number of benzene rings is 1. The summed E-state index contributed by atoms with van der Waals surface area (Å²) in [5, 5.41) is 8.75. The average molecular weight is 262 g/mol. The number of carbonyl (C=O) groups is 2. The van der Waals surface area contributed by atoms with E-state index in [4.69, 9.17) is 5.11 Å². The lowest BCUT2D eigenvalue weighted by atomic mass is 9.88. The van der Waals surface area contributed by atoms with Gasteiger partial charge in [0.05, 0.1) is 0 Å². The molecular formula is C16H22O3. The van der Waals surface area contributed by atoms with Crippen LogP contribution in [0.4, 0.5) is 0 Å². The van der Waals surface area contributed by atoms with Gasteiger partial charge in [0, 0.05) is 18.4 Å². The molecule has 0 aliphatic carbocycles. The Labute approximate surface area is 114 Å². The first-order valence-electron chi connectivity index (χ1n) is 6.56. The van der Waals surface area contributed by atoms with Crippen molar-refractivity contribution >= 4 is 11.8 Å². The Kier molecular flexibility index (Phi) is 4.87. The van der Waals surface area contributed by atoms with Crippen LogP contribution in [0.5, 0.6) is 0 Å². The second kappa shape index (κ2) is 6.00. The Morgan fingerprint density at radius 1 is 1.05 bits per heavy atom. The van der Waals surface area contributed by atoms with Crippen LogP contribution in [0.2, 0.25) is 0 Å². The maximum atomic E-state index is 12.4. The van der Waals surface area contributed by atoms with Gasteiger partial charge in [-0.2, -0.15) is 0 Å². The van der Waals surface area contributed by atoms with Crippen LogP contribution in [0.15, 0.2) is 6.07 Å². The smallest absolute Gasteiger partial charge is 0.303 e. The third-order valence-electron chi connectivity index (χ3n) is 3.70. The van der Waals surface area contributed by atoms with E-state index < -0.39 is 5.97 Å². The number of Topliss-reactive ketones (excluding diaryl/α,β-unsaturated/α-hetero) is 1. The number of aryl methyl sites for hydroxylation is 2. The highest BCUT2D eigenvalue weighted by atomic mass is 16.4. The van der Waals surface area contributed by atoms with Crippen molar-refractivity contribution in [3.8, 4) is 0 Å². The van der Waals surface area contributed by atoms with Crippen LogP contribution in [-0.2, 0) is 4.79 Å². The van der Waals surface area contributed by atoms with E-state index in [0.717, 1.165) is 27.8 Å². The van der Waals surface area contributed by atoms with E-state index in [1.165, 1.54) is 0 Å². The summed E-state index contributed by atoms with van der Waals surface area (Å²) >= 11 is 0. The highest BCUT2D eigenvalue weighted by molar-refractivity contribution is 5.99. The predicted octanol–water partition coefficient (Wildman–Crippen LogP) is 3.60. The van der Waals surface area contributed by atoms with E-state index in [1.807, 2.05) is 27.7 Å². The van der Waals surface area contributed by atoms with Gasteiger partial charge >= 0.3 is 5.97 Å². The summed E-state index contributed by atoms with van der Waals surface area (Å²) in [5.74, 6) is -0.936. The van der Waals surface area contributed by atoms with Gasteiger partial charge in [0.1, 0.15) is 0 Å². The highest BCUT2D eigenvalue weighted by Crippen LogP contribution is 2.24. The number of hydrogen-bond acceptors (Lipinski definition) is 2. The van der Waals surface area contributed by atoms with E-state index in [0.29, 0.717) is 0 Å². The largest absolute Gasteiger partial charge is 0.481 e. The van der Waals surface area contributed by atoms with Crippen molar-refractivity contribution in [3.63, 3.8) is 0 Å². The number of aliphatic carboxylic acids is 1. The molecule has 1 aromatic rings. The molecule has 0 unspecified atom stereocenters. The molecule has 104 valence electrons. The molecule has 1 atom stereocenters. The molecule has 3 nitrogen and oxygen atoms in total. The molecule has 0 saturated heterocycles. The first-order chi connectivity index (χ1) is 8.73. The molecule has 3 heteroatoms. The van der Waals surface area contributed by atoms with Gasteiger partial charge in [0.25, 0.3) is 0 Å². The fraction of sp³-hybridized carbons (Fsp3) is 0.500. The third kappa shape index (κ3) is 3.66. The Balaban J connectivity index is 3.03. The second-order valence-corrected chi connectivity index (χ2v) is 5.47. The van der Waals surface area contributed by atoms with Crippen molar-refractivity contribution in [2.24, 2.45) is 5.92 Å². The molecule has 1 rings (SSSR count). The van der Waals surface area contributed by atoms with Gasteiger partial charge in [-0.3, -0.25) is 9.59 Å². The Morgan fingerprint density at radius 3 is 1.95 bits per heavy atom. The summed E-state index contributed by atoms with van der Waals surface area (Å²) in [6.45, 7) is 9.71. The molecule has 1 aromatic carbocycles. The maximum absolute atomic E-state index is 12.4. The fourth-order valence-electron chi connectivity index (χ4n) is 2.42. The van der Waals surface area contributed by atoms with Crippen LogP contribution in [0.3, 0.4) is 0 Å². The zero-order valence-corrected chi connectivity index (χ0v) is 12.3. The molecule has 0 aromatic heterocycles. The average Bonchev–Trinajstić information content (AvgIpc) is 2.25. The van der Waals surface area contributed by atoms with Crippen molar-refractivity contribution < 1.29 is 14.7 Å². The van der Waals surface area contributed by atoms with Crippen LogP contribution in [0, 0.1) is 33.6 Å². The number of carbonyl (C=O) groups excluding carboxylic acids is 1. The van der Waals surface area contributed by atoms with Gasteiger partial charge in [0.2, 0.25) is 0 Å². The lowest BCUT2D eigenvalue weighted by Crippen LogP contribution is -2.13. The van der Waals surface area contributed by atoms with E-state index in [9.17, 15) is 9.59 Å². The zero-order chi connectivity index (χ0) is 14.7. The number of carboxylic acid groups (broad SMARTS) is 1. The van der Waals surface area contributed by atoms with Crippen LogP contribution in [0.1, 0.15) is 52.4 Å². The van der Waals surface area contributed by atoms with Crippen molar-refractivity contribution in [2.45, 2.75) is 47.5 Å². The summed E-state index contributed by atoms with van der Waals surface area (Å²) in [5.41, 5.74) is 5.01. The molecule has 0 spiro atoms. The second-order valence-electron chi connectivity index (χ2n) is 5.47. The minimum Gasteiger partial charge on any atom is -0.481 e. The van der Waals surface area contributed by atoms with E-state index in [2.05, 4.69) is 6.07 Å². The van der Waals surface area contributed by atoms with Gasteiger partial charge in [-0.1, -0.05) is 13.0 Å². The SMILES string of the molecule is Cc1cc(C)c(C)c(C(=O)C[C@@H](C)CC(=O)O)c1C. The Morgan fingerprint density at radius 2 is 1.53 bits per heavy atom. The summed E-state index contributed by atoms with van der Waals surface area (Å²) < 4.78 is 0. The number of hydrogen-bond donors (Lipinski definition) is 1. The molecule has 1 N–H and O–H groups in total. The van der Waals surface area contributed by atoms with E-state index >= 15 is 0 Å². The maximum Gasteiger partial charge on any atom is 0.303 e. The summed E-state index contributed by atoms with van der Waals surface area (Å²) in [7, 11) is 0. The van der Waals surface area contributed by atoms with Crippen molar-refractivity contribution in [1.29, 1.82) is 0 Å². The first-order valence-corrected chi connectivity index (χ1v) is 6.56. The molecule has 0 radical (unpaired) electrons. The Bertz CT molecular complexity index is 489. The van der Waals surface area contributed by atoms with Gasteiger partial charge in [-0.15, -0.1) is 0 Å². The number of rotatable bonds is 5. The lowest BCUT2D eigenvalue weighted by molar-refractivity contribution is -0.137. The topological polar surface area (TPSA) is 54.4 Å². The molecule has 0 amide bonds. The minimum absolute atomic E-state index is 0.0363. The zero-order valence-electron chi connectivity index (χ0n) is 12.3. The molecular weight excluding hydrogens is 240 g/mol. The monoisotopic (exact) mass is 262 g/mol. The van der Waals surface area contributed by atoms with Gasteiger partial charge in [-0.25, -0.2) is 0 Å². The lowest BCUT2D eigenvalue weighted by Gasteiger charge is -2.16. The molecule has 0 heterocycles. The molecule has 0 fully saturated rings. The van der Waals surface area contributed by atoms with Crippen LogP contribution < -0.4 is 0 Å². The van der Waals surface area contributed by atoms with Crippen LogP contribution in [-0.4, -0.2) is 16.9 Å².